The van der Waals surface area contributed by atoms with Gasteiger partial charge in [-0.1, -0.05) is 13.8 Å². The summed E-state index contributed by atoms with van der Waals surface area (Å²) in [4.78, 5) is 22.5. The Balaban J connectivity index is 2.33. The Morgan fingerprint density at radius 2 is 1.97 bits per heavy atom. The van der Waals surface area contributed by atoms with Gasteiger partial charge in [-0.25, -0.2) is 0 Å². The first kappa shape index (κ1) is 28.3. The van der Waals surface area contributed by atoms with Crippen LogP contribution in [0.4, 0.5) is 0 Å². The fourth-order valence-electron chi connectivity index (χ4n) is 4.04. The second kappa shape index (κ2) is 12.2. The molecule has 0 saturated carbocycles. The molecule has 7 N–H and O–H groups in total. The molecule has 2 aliphatic rings. The molecule has 9 atom stereocenters. The maximum atomic E-state index is 13.3. The maximum absolute atomic E-state index is 13.3. The van der Waals surface area contributed by atoms with Gasteiger partial charge in [-0.3, -0.25) is 13.9 Å². The molecule has 1 fully saturated rings. The topological polar surface area (TPSA) is 190 Å². The van der Waals surface area contributed by atoms with Crippen molar-refractivity contribution in [2.24, 2.45) is 5.73 Å². The third kappa shape index (κ3) is 6.82. The Labute approximate surface area is 193 Å². The van der Waals surface area contributed by atoms with Gasteiger partial charge in [0.1, 0.15) is 24.4 Å². The molecule has 33 heavy (non-hydrogen) atoms. The van der Waals surface area contributed by atoms with E-state index in [1.54, 1.807) is 0 Å². The van der Waals surface area contributed by atoms with Crippen molar-refractivity contribution in [2.45, 2.75) is 95.0 Å². The summed E-state index contributed by atoms with van der Waals surface area (Å²) in [6, 6.07) is -1.37. The molecule has 0 radical (unpaired) electrons. The summed E-state index contributed by atoms with van der Waals surface area (Å²) in [5.41, 5.74) is 6.24. The van der Waals surface area contributed by atoms with Gasteiger partial charge in [0.2, 0.25) is 5.91 Å². The number of rotatable bonds is 10. The lowest BCUT2D eigenvalue weighted by molar-refractivity contribution is -0.290. The zero-order valence-electron chi connectivity index (χ0n) is 19.4. The van der Waals surface area contributed by atoms with Gasteiger partial charge in [0.05, 0.1) is 24.9 Å². The van der Waals surface area contributed by atoms with Crippen LogP contribution in [-0.2, 0) is 28.1 Å². The summed E-state index contributed by atoms with van der Waals surface area (Å²) < 4.78 is 34.9. The van der Waals surface area contributed by atoms with Crippen molar-refractivity contribution < 1.29 is 48.3 Å². The largest absolute Gasteiger partial charge is 0.394 e. The molecule has 0 aromatic carbocycles. The quantitative estimate of drug-likeness (QED) is 0.210. The van der Waals surface area contributed by atoms with E-state index in [2.05, 4.69) is 5.32 Å². The number of amides is 1. The average Bonchev–Trinajstić information content (AvgIpc) is 2.76. The van der Waals surface area contributed by atoms with E-state index in [1.807, 2.05) is 13.8 Å². The van der Waals surface area contributed by atoms with E-state index in [0.717, 1.165) is 0 Å². The van der Waals surface area contributed by atoms with Crippen LogP contribution in [0.5, 0.6) is 0 Å². The number of aliphatic hydroxyl groups is 3. The summed E-state index contributed by atoms with van der Waals surface area (Å²) >= 11 is 0. The van der Waals surface area contributed by atoms with Crippen molar-refractivity contribution in [3.05, 3.63) is 11.4 Å². The average molecular weight is 496 g/mol. The van der Waals surface area contributed by atoms with E-state index in [9.17, 15) is 29.6 Å². The first-order valence-corrected chi connectivity index (χ1v) is 12.6. The van der Waals surface area contributed by atoms with Crippen molar-refractivity contribution in [2.75, 3.05) is 13.7 Å². The van der Waals surface area contributed by atoms with Gasteiger partial charge in [-0.15, -0.1) is 0 Å². The highest BCUT2D eigenvalue weighted by Gasteiger charge is 2.49. The third-order valence-electron chi connectivity index (χ3n) is 5.93. The van der Waals surface area contributed by atoms with E-state index in [1.165, 1.54) is 20.1 Å². The third-order valence-corrected chi connectivity index (χ3v) is 7.52. The number of methoxy groups -OCH3 is 1. The number of carbonyl (C=O) groups excluding carboxylic acids is 1. The summed E-state index contributed by atoms with van der Waals surface area (Å²) in [7, 11) is -3.37. The number of ether oxygens (including phenoxy) is 3. The van der Waals surface area contributed by atoms with Crippen LogP contribution in [-0.4, -0.2) is 94.8 Å². The van der Waals surface area contributed by atoms with E-state index in [-0.39, 0.29) is 23.7 Å². The van der Waals surface area contributed by atoms with E-state index in [0.29, 0.717) is 12.8 Å². The molecule has 1 aliphatic heterocycles. The van der Waals surface area contributed by atoms with Crippen molar-refractivity contribution >= 4 is 13.5 Å². The molecule has 0 aromatic heterocycles. The Morgan fingerprint density at radius 3 is 2.48 bits per heavy atom. The fraction of sp³-hybridized carbons (Fsp3) is 0.850. The van der Waals surface area contributed by atoms with Gasteiger partial charge in [-0.2, -0.15) is 0 Å². The molecule has 1 unspecified atom stereocenters. The van der Waals surface area contributed by atoms with Gasteiger partial charge >= 0.3 is 7.60 Å². The monoisotopic (exact) mass is 496 g/mol. The van der Waals surface area contributed by atoms with E-state index >= 15 is 0 Å². The summed E-state index contributed by atoms with van der Waals surface area (Å²) in [5, 5.41) is 33.0. The number of aliphatic hydroxyl groups excluding tert-OH is 3. The molecule has 1 saturated heterocycles. The molecule has 13 heteroatoms. The lowest BCUT2D eigenvalue weighted by Crippen LogP contribution is -2.59. The molecule has 192 valence electrons. The van der Waals surface area contributed by atoms with Crippen LogP contribution in [0.15, 0.2) is 11.4 Å². The van der Waals surface area contributed by atoms with Crippen LogP contribution in [0.2, 0.25) is 0 Å². The minimum atomic E-state index is -4.61. The maximum Gasteiger partial charge on any atom is 0.355 e. The van der Waals surface area contributed by atoms with Crippen LogP contribution in [0.25, 0.3) is 0 Å². The van der Waals surface area contributed by atoms with Gasteiger partial charge < -0.3 is 45.5 Å². The zero-order valence-corrected chi connectivity index (χ0v) is 20.3. The van der Waals surface area contributed by atoms with Crippen molar-refractivity contribution in [1.29, 1.82) is 0 Å². The fourth-order valence-corrected chi connectivity index (χ4v) is 5.53. The summed E-state index contributed by atoms with van der Waals surface area (Å²) in [6.45, 7) is 4.60. The van der Waals surface area contributed by atoms with Crippen LogP contribution in [0, 0.1) is 0 Å². The minimum absolute atomic E-state index is 0.0621. The van der Waals surface area contributed by atoms with Gasteiger partial charge in [-0.05, 0) is 25.3 Å². The van der Waals surface area contributed by atoms with Crippen LogP contribution < -0.4 is 11.1 Å². The molecule has 0 bridgehead atoms. The number of carbonyl (C=O) groups is 1. The lowest BCUT2D eigenvalue weighted by Gasteiger charge is -2.42. The molecular weight excluding hydrogens is 459 g/mol. The van der Waals surface area contributed by atoms with Crippen LogP contribution in [0.3, 0.4) is 0 Å². The Hall–Kier alpha value is -0.920. The van der Waals surface area contributed by atoms with Crippen molar-refractivity contribution in [1.82, 2.24) is 5.32 Å². The zero-order chi connectivity index (χ0) is 24.9. The molecule has 12 nitrogen and oxygen atoms in total. The normalized spacial score (nSPS) is 36.8. The highest BCUT2D eigenvalue weighted by molar-refractivity contribution is 7.57. The molecule has 2 rings (SSSR count). The minimum Gasteiger partial charge on any atom is -0.394 e. The first-order valence-electron chi connectivity index (χ1n) is 11.0. The van der Waals surface area contributed by atoms with Gasteiger partial charge in [0.25, 0.3) is 0 Å². The molecular formula is C20H37N2O10P. The van der Waals surface area contributed by atoms with Crippen molar-refractivity contribution in [3.63, 3.8) is 0 Å². The van der Waals surface area contributed by atoms with E-state index in [4.69, 9.17) is 24.5 Å². The van der Waals surface area contributed by atoms with Gasteiger partial charge in [0.15, 0.2) is 6.29 Å². The highest BCUT2D eigenvalue weighted by Crippen LogP contribution is 2.56. The molecule has 1 amide bonds. The predicted molar refractivity (Wildman–Crippen MR) is 117 cm³/mol. The predicted octanol–water partition coefficient (Wildman–Crippen LogP) is -0.664. The Morgan fingerprint density at radius 1 is 1.33 bits per heavy atom. The molecule has 1 heterocycles. The highest BCUT2D eigenvalue weighted by atomic mass is 31.2. The molecule has 1 aliphatic carbocycles. The summed E-state index contributed by atoms with van der Waals surface area (Å²) in [5.74, 6) is -0.317. The lowest BCUT2D eigenvalue weighted by atomic mass is 9.93. The SMILES string of the molecule is CCC(CC)O[C@@H]1C=C(P(=O)(O)O[C@H]2[C@@H](O)[C@@H](CO)O[C@@H](OC)[C@@H]2O)C[C@H](N)[C@H]1NC(C)=O. The first-order chi connectivity index (χ1) is 15.5. The smallest absolute Gasteiger partial charge is 0.355 e. The van der Waals surface area contributed by atoms with Crippen molar-refractivity contribution in [3.8, 4) is 0 Å². The molecule has 0 aromatic rings. The summed E-state index contributed by atoms with van der Waals surface area (Å²) in [6.07, 6.45) is -5.52. The Kier molecular flexibility index (Phi) is 10.4. The van der Waals surface area contributed by atoms with E-state index < -0.39 is 63.1 Å². The number of nitrogens with two attached hydrogens (primary N) is 1. The standard InChI is InChI=1S/C20H37N2O10P/c1-5-11(6-2)30-14-8-12(7-13(21)16(14)22-10(3)24)33(27,28)32-19-17(25)15(9-23)31-20(29-4)18(19)26/h8,11,13-20,23,25-26H,5-7,9,21H2,1-4H3,(H,22,24)(H,27,28)/t13-,14+,15+,16+,17-,18+,19-,20+/m0/s1. The number of hydrogen-bond acceptors (Lipinski definition) is 10. The number of nitrogens with one attached hydrogen (secondary N) is 1. The Bertz CT molecular complexity index is 718. The van der Waals surface area contributed by atoms with Crippen LogP contribution >= 0.6 is 7.60 Å². The molecule has 0 spiro atoms. The second-order valence-corrected chi connectivity index (χ2v) is 10.2. The second-order valence-electron chi connectivity index (χ2n) is 8.32. The van der Waals surface area contributed by atoms with Gasteiger partial charge in [0, 0.05) is 25.4 Å². The number of hydrogen-bond donors (Lipinski definition) is 6. The van der Waals surface area contributed by atoms with Crippen LogP contribution in [0.1, 0.15) is 40.0 Å².